The van der Waals surface area contributed by atoms with Crippen molar-refractivity contribution in [2.24, 2.45) is 11.3 Å². The summed E-state index contributed by atoms with van der Waals surface area (Å²) in [7, 11) is 0. The molecule has 2 atom stereocenters. The largest absolute Gasteiger partial charge is 0.353 e. The SMILES string of the molecule is CC(C)CC1(C(=O)NC2CCNC(C)C2)CCC1.Cl. The summed E-state index contributed by atoms with van der Waals surface area (Å²) < 4.78 is 0. The molecule has 1 aliphatic carbocycles. The molecule has 2 aliphatic rings. The molecule has 112 valence electrons. The van der Waals surface area contributed by atoms with Gasteiger partial charge in [0.25, 0.3) is 0 Å². The number of hydrogen-bond donors (Lipinski definition) is 2. The highest BCUT2D eigenvalue weighted by Crippen LogP contribution is 2.46. The van der Waals surface area contributed by atoms with Gasteiger partial charge in [0.2, 0.25) is 5.91 Å². The molecule has 0 bridgehead atoms. The molecule has 0 aromatic heterocycles. The van der Waals surface area contributed by atoms with Gasteiger partial charge in [-0.15, -0.1) is 12.4 Å². The fraction of sp³-hybridized carbons (Fsp3) is 0.933. The van der Waals surface area contributed by atoms with Gasteiger partial charge in [0.05, 0.1) is 0 Å². The maximum atomic E-state index is 12.5. The standard InChI is InChI=1S/C15H28N2O.ClH/c1-11(2)10-15(6-4-7-15)14(18)17-13-5-8-16-12(3)9-13;/h11-13,16H,4-10H2,1-3H3,(H,17,18);1H. The van der Waals surface area contributed by atoms with E-state index in [1.165, 1.54) is 6.42 Å². The highest BCUT2D eigenvalue weighted by Gasteiger charge is 2.44. The first-order chi connectivity index (χ1) is 8.52. The van der Waals surface area contributed by atoms with E-state index in [-0.39, 0.29) is 17.8 Å². The van der Waals surface area contributed by atoms with Gasteiger partial charge in [-0.2, -0.15) is 0 Å². The lowest BCUT2D eigenvalue weighted by Gasteiger charge is -2.43. The molecule has 2 rings (SSSR count). The van der Waals surface area contributed by atoms with Crippen molar-refractivity contribution < 1.29 is 4.79 Å². The normalized spacial score (nSPS) is 29.3. The van der Waals surface area contributed by atoms with Crippen molar-refractivity contribution in [3.8, 4) is 0 Å². The third-order valence-electron chi connectivity index (χ3n) is 4.55. The quantitative estimate of drug-likeness (QED) is 0.835. The van der Waals surface area contributed by atoms with Crippen LogP contribution in [0.15, 0.2) is 0 Å². The van der Waals surface area contributed by atoms with Crippen molar-refractivity contribution >= 4 is 18.3 Å². The Bertz CT molecular complexity index is 303. The minimum atomic E-state index is -0.0255. The smallest absolute Gasteiger partial charge is 0.226 e. The van der Waals surface area contributed by atoms with E-state index in [1.54, 1.807) is 0 Å². The monoisotopic (exact) mass is 288 g/mol. The second-order valence-electron chi connectivity index (χ2n) is 6.78. The van der Waals surface area contributed by atoms with Gasteiger partial charge < -0.3 is 10.6 Å². The molecule has 3 nitrogen and oxygen atoms in total. The van der Waals surface area contributed by atoms with Crippen molar-refractivity contribution in [2.75, 3.05) is 6.54 Å². The second kappa shape index (κ2) is 6.94. The van der Waals surface area contributed by atoms with Crippen molar-refractivity contribution in [1.29, 1.82) is 0 Å². The molecule has 19 heavy (non-hydrogen) atoms. The van der Waals surface area contributed by atoms with Crippen LogP contribution in [0.1, 0.15) is 59.3 Å². The summed E-state index contributed by atoms with van der Waals surface area (Å²) in [6.45, 7) is 7.68. The molecule has 0 radical (unpaired) electrons. The molecule has 1 aliphatic heterocycles. The molecule has 2 N–H and O–H groups in total. The fourth-order valence-corrected chi connectivity index (χ4v) is 3.51. The Morgan fingerprint density at radius 2 is 2.11 bits per heavy atom. The maximum absolute atomic E-state index is 12.5. The van der Waals surface area contributed by atoms with E-state index >= 15 is 0 Å². The Morgan fingerprint density at radius 1 is 1.42 bits per heavy atom. The van der Waals surface area contributed by atoms with Crippen LogP contribution >= 0.6 is 12.4 Å². The van der Waals surface area contributed by atoms with Crippen LogP contribution in [-0.4, -0.2) is 24.5 Å². The third kappa shape index (κ3) is 4.09. The predicted octanol–water partition coefficient (Wildman–Crippen LogP) is 2.88. The molecular weight excluding hydrogens is 260 g/mol. The van der Waals surface area contributed by atoms with E-state index in [2.05, 4.69) is 31.4 Å². The molecule has 1 saturated carbocycles. The first-order valence-electron chi connectivity index (χ1n) is 7.56. The molecule has 4 heteroatoms. The van der Waals surface area contributed by atoms with Crippen LogP contribution in [0.5, 0.6) is 0 Å². The number of nitrogens with one attached hydrogen (secondary N) is 2. The first-order valence-corrected chi connectivity index (χ1v) is 7.56. The van der Waals surface area contributed by atoms with Crippen LogP contribution in [0.2, 0.25) is 0 Å². The van der Waals surface area contributed by atoms with Gasteiger partial charge in [0.15, 0.2) is 0 Å². The van der Waals surface area contributed by atoms with Gasteiger partial charge in [-0.05, 0) is 51.5 Å². The van der Waals surface area contributed by atoms with Crippen LogP contribution in [0.25, 0.3) is 0 Å². The van der Waals surface area contributed by atoms with Crippen molar-refractivity contribution in [2.45, 2.75) is 71.4 Å². The van der Waals surface area contributed by atoms with Gasteiger partial charge >= 0.3 is 0 Å². The van der Waals surface area contributed by atoms with E-state index in [0.29, 0.717) is 23.9 Å². The number of halogens is 1. The molecule has 0 spiro atoms. The van der Waals surface area contributed by atoms with Crippen LogP contribution in [0.3, 0.4) is 0 Å². The Balaban J connectivity index is 0.00000180. The summed E-state index contributed by atoms with van der Waals surface area (Å²) in [4.78, 5) is 12.5. The van der Waals surface area contributed by atoms with Crippen LogP contribution in [0, 0.1) is 11.3 Å². The predicted molar refractivity (Wildman–Crippen MR) is 81.6 cm³/mol. The Hall–Kier alpha value is -0.280. The van der Waals surface area contributed by atoms with Gasteiger partial charge in [0, 0.05) is 17.5 Å². The minimum absolute atomic E-state index is 0. The fourth-order valence-electron chi connectivity index (χ4n) is 3.51. The molecule has 1 heterocycles. The summed E-state index contributed by atoms with van der Waals surface area (Å²) in [6.07, 6.45) is 6.62. The summed E-state index contributed by atoms with van der Waals surface area (Å²) in [5, 5.41) is 6.75. The highest BCUT2D eigenvalue weighted by molar-refractivity contribution is 5.85. The molecule has 2 unspecified atom stereocenters. The molecule has 0 aromatic carbocycles. The minimum Gasteiger partial charge on any atom is -0.353 e. The van der Waals surface area contributed by atoms with E-state index in [1.807, 2.05) is 0 Å². The zero-order chi connectivity index (χ0) is 13.2. The summed E-state index contributed by atoms with van der Waals surface area (Å²) in [5.74, 6) is 0.949. The molecular formula is C15H29ClN2O. The van der Waals surface area contributed by atoms with Gasteiger partial charge in [-0.25, -0.2) is 0 Å². The van der Waals surface area contributed by atoms with E-state index in [4.69, 9.17) is 0 Å². The molecule has 1 amide bonds. The zero-order valence-corrected chi connectivity index (χ0v) is 13.3. The molecule has 2 fully saturated rings. The molecule has 0 aromatic rings. The lowest BCUT2D eigenvalue weighted by atomic mass is 9.64. The van der Waals surface area contributed by atoms with E-state index in [9.17, 15) is 4.79 Å². The van der Waals surface area contributed by atoms with E-state index in [0.717, 1.165) is 38.6 Å². The summed E-state index contributed by atoms with van der Waals surface area (Å²) >= 11 is 0. The lowest BCUT2D eigenvalue weighted by Crippen LogP contribution is -2.53. The van der Waals surface area contributed by atoms with Gasteiger partial charge in [-0.3, -0.25) is 4.79 Å². The van der Waals surface area contributed by atoms with Gasteiger partial charge in [-0.1, -0.05) is 20.3 Å². The Labute approximate surface area is 123 Å². The maximum Gasteiger partial charge on any atom is 0.226 e. The van der Waals surface area contributed by atoms with E-state index < -0.39 is 0 Å². The topological polar surface area (TPSA) is 41.1 Å². The van der Waals surface area contributed by atoms with Crippen LogP contribution < -0.4 is 10.6 Å². The van der Waals surface area contributed by atoms with Crippen LogP contribution in [-0.2, 0) is 4.79 Å². The van der Waals surface area contributed by atoms with Gasteiger partial charge in [0.1, 0.15) is 0 Å². The first kappa shape index (κ1) is 16.8. The Kier molecular flexibility index (Phi) is 6.13. The lowest BCUT2D eigenvalue weighted by molar-refractivity contribution is -0.138. The van der Waals surface area contributed by atoms with Crippen molar-refractivity contribution in [3.05, 3.63) is 0 Å². The number of hydrogen-bond acceptors (Lipinski definition) is 2. The number of rotatable bonds is 4. The summed E-state index contributed by atoms with van der Waals surface area (Å²) in [5.41, 5.74) is -0.0255. The third-order valence-corrected chi connectivity index (χ3v) is 4.55. The average molecular weight is 289 g/mol. The van der Waals surface area contributed by atoms with Crippen molar-refractivity contribution in [3.63, 3.8) is 0 Å². The second-order valence-corrected chi connectivity index (χ2v) is 6.78. The number of piperidine rings is 1. The average Bonchev–Trinajstić information content (AvgIpc) is 2.23. The number of carbonyl (C=O) groups is 1. The molecule has 1 saturated heterocycles. The number of amides is 1. The number of carbonyl (C=O) groups excluding carboxylic acids is 1. The Morgan fingerprint density at radius 3 is 2.58 bits per heavy atom. The zero-order valence-electron chi connectivity index (χ0n) is 12.5. The highest BCUT2D eigenvalue weighted by atomic mass is 35.5. The van der Waals surface area contributed by atoms with Crippen molar-refractivity contribution in [1.82, 2.24) is 10.6 Å². The van der Waals surface area contributed by atoms with Crippen LogP contribution in [0.4, 0.5) is 0 Å². The summed E-state index contributed by atoms with van der Waals surface area (Å²) in [6, 6.07) is 0.921.